The van der Waals surface area contributed by atoms with E-state index in [2.05, 4.69) is 46.1 Å². The molecule has 1 N–H and O–H groups in total. The highest BCUT2D eigenvalue weighted by Crippen LogP contribution is 2.19. The molecule has 0 aromatic carbocycles. The number of hydrogen-bond donors (Lipinski definition) is 1. The zero-order valence-electron chi connectivity index (χ0n) is 9.43. The van der Waals surface area contributed by atoms with Gasteiger partial charge < -0.3 is 4.57 Å². The van der Waals surface area contributed by atoms with Crippen LogP contribution >= 0.6 is 23.6 Å². The van der Waals surface area contributed by atoms with Crippen LogP contribution in [0.2, 0.25) is 0 Å². The molecule has 16 heavy (non-hydrogen) atoms. The molecule has 0 aliphatic rings. The summed E-state index contributed by atoms with van der Waals surface area (Å²) in [6, 6.07) is 4.61. The van der Waals surface area contributed by atoms with E-state index in [-0.39, 0.29) is 0 Å². The Morgan fingerprint density at radius 1 is 1.62 bits per heavy atom. The summed E-state index contributed by atoms with van der Waals surface area (Å²) >= 11 is 7.05. The first kappa shape index (κ1) is 11.5. The summed E-state index contributed by atoms with van der Waals surface area (Å²) in [7, 11) is 0. The zero-order chi connectivity index (χ0) is 11.5. The van der Waals surface area contributed by atoms with Crippen molar-refractivity contribution in [1.29, 1.82) is 0 Å². The van der Waals surface area contributed by atoms with Crippen LogP contribution in [-0.4, -0.2) is 14.8 Å². The minimum Gasteiger partial charge on any atom is -0.301 e. The molecule has 86 valence electrons. The molecule has 3 nitrogen and oxygen atoms in total. The molecular formula is C11H15N3S2. The average Bonchev–Trinajstić information content (AvgIpc) is 2.87. The second kappa shape index (κ2) is 4.93. The molecule has 1 unspecified atom stereocenters. The molecule has 2 rings (SSSR count). The minimum atomic E-state index is 0.361. The molecule has 2 heterocycles. The lowest BCUT2D eigenvalue weighted by atomic mass is 10.2. The molecule has 5 heteroatoms. The van der Waals surface area contributed by atoms with Crippen LogP contribution in [0, 0.1) is 4.77 Å². The monoisotopic (exact) mass is 253 g/mol. The molecule has 0 amide bonds. The second-order valence-corrected chi connectivity index (χ2v) is 5.22. The summed E-state index contributed by atoms with van der Waals surface area (Å²) in [6.07, 6.45) is 1.92. The number of rotatable bonds is 4. The molecule has 2 aromatic heterocycles. The predicted octanol–water partition coefficient (Wildman–Crippen LogP) is 3.37. The van der Waals surface area contributed by atoms with Gasteiger partial charge in [-0.15, -0.1) is 11.3 Å². The Bertz CT molecular complexity index is 496. The number of aryl methyl sites for hydroxylation is 1. The Morgan fingerprint density at radius 2 is 2.44 bits per heavy atom. The van der Waals surface area contributed by atoms with Crippen molar-refractivity contribution in [1.82, 2.24) is 14.8 Å². The molecule has 0 radical (unpaired) electrons. The Balaban J connectivity index is 2.23. The zero-order valence-corrected chi connectivity index (χ0v) is 11.1. The van der Waals surface area contributed by atoms with Gasteiger partial charge in [-0.2, -0.15) is 5.10 Å². The lowest BCUT2D eigenvalue weighted by molar-refractivity contribution is 0.520. The SMILES string of the molecule is CCc1n[nH]c(=S)n1C(C)Cc1cccs1. The molecule has 0 saturated heterocycles. The van der Waals surface area contributed by atoms with E-state index in [1.807, 2.05) is 0 Å². The average molecular weight is 253 g/mol. The van der Waals surface area contributed by atoms with E-state index in [1.165, 1.54) is 4.88 Å². The van der Waals surface area contributed by atoms with Crippen LogP contribution < -0.4 is 0 Å². The van der Waals surface area contributed by atoms with Crippen LogP contribution in [0.1, 0.15) is 30.6 Å². The lowest BCUT2D eigenvalue weighted by Crippen LogP contribution is -2.11. The molecule has 0 aliphatic heterocycles. The molecule has 0 spiro atoms. The number of thiophene rings is 1. The van der Waals surface area contributed by atoms with Crippen LogP contribution in [0.3, 0.4) is 0 Å². The summed E-state index contributed by atoms with van der Waals surface area (Å²) in [5.74, 6) is 1.04. The van der Waals surface area contributed by atoms with E-state index in [9.17, 15) is 0 Å². The fourth-order valence-corrected chi connectivity index (χ4v) is 3.01. The van der Waals surface area contributed by atoms with E-state index in [0.717, 1.165) is 23.4 Å². The second-order valence-electron chi connectivity index (χ2n) is 3.80. The van der Waals surface area contributed by atoms with E-state index in [4.69, 9.17) is 12.2 Å². The Kier molecular flexibility index (Phi) is 3.56. The summed E-state index contributed by atoms with van der Waals surface area (Å²) < 4.78 is 2.84. The van der Waals surface area contributed by atoms with Crippen molar-refractivity contribution in [3.8, 4) is 0 Å². The number of nitrogens with one attached hydrogen (secondary N) is 1. The number of hydrogen-bond acceptors (Lipinski definition) is 3. The standard InChI is InChI=1S/C11H15N3S2/c1-3-10-12-13-11(15)14(10)8(2)7-9-5-4-6-16-9/h4-6,8H,3,7H2,1-2H3,(H,13,15). The van der Waals surface area contributed by atoms with Crippen molar-refractivity contribution >= 4 is 23.6 Å². The summed E-state index contributed by atoms with van der Waals surface area (Å²) in [5, 5.41) is 9.21. The minimum absolute atomic E-state index is 0.361. The predicted molar refractivity (Wildman–Crippen MR) is 69.5 cm³/mol. The maximum absolute atomic E-state index is 5.26. The Labute approximate surface area is 104 Å². The van der Waals surface area contributed by atoms with Gasteiger partial charge in [-0.3, -0.25) is 5.10 Å². The molecule has 0 bridgehead atoms. The third-order valence-corrected chi connectivity index (χ3v) is 3.80. The van der Waals surface area contributed by atoms with Gasteiger partial charge in [0.2, 0.25) is 0 Å². The van der Waals surface area contributed by atoms with Gasteiger partial charge in [0.25, 0.3) is 0 Å². The summed E-state index contributed by atoms with van der Waals surface area (Å²) in [4.78, 5) is 1.39. The van der Waals surface area contributed by atoms with Crippen molar-refractivity contribution in [3.63, 3.8) is 0 Å². The van der Waals surface area contributed by atoms with Crippen molar-refractivity contribution in [2.24, 2.45) is 0 Å². The normalized spacial score (nSPS) is 12.9. The Hall–Kier alpha value is -0.940. The van der Waals surface area contributed by atoms with Crippen molar-refractivity contribution < 1.29 is 0 Å². The lowest BCUT2D eigenvalue weighted by Gasteiger charge is -2.13. The third-order valence-electron chi connectivity index (χ3n) is 2.61. The van der Waals surface area contributed by atoms with Gasteiger partial charge in [-0.25, -0.2) is 0 Å². The van der Waals surface area contributed by atoms with Crippen LogP contribution in [0.15, 0.2) is 17.5 Å². The maximum atomic E-state index is 5.26. The first-order valence-electron chi connectivity index (χ1n) is 5.40. The number of aromatic amines is 1. The molecule has 0 saturated carbocycles. The van der Waals surface area contributed by atoms with Gasteiger partial charge in [-0.05, 0) is 30.6 Å². The quantitative estimate of drug-likeness (QED) is 0.848. The van der Waals surface area contributed by atoms with Crippen LogP contribution in [0.25, 0.3) is 0 Å². The van der Waals surface area contributed by atoms with Gasteiger partial charge in [-0.1, -0.05) is 13.0 Å². The van der Waals surface area contributed by atoms with Gasteiger partial charge in [0.05, 0.1) is 0 Å². The number of H-pyrrole nitrogens is 1. The largest absolute Gasteiger partial charge is 0.301 e. The highest BCUT2D eigenvalue weighted by molar-refractivity contribution is 7.71. The fraction of sp³-hybridized carbons (Fsp3) is 0.455. The smallest absolute Gasteiger partial charge is 0.195 e. The van der Waals surface area contributed by atoms with Crippen molar-refractivity contribution in [2.45, 2.75) is 32.7 Å². The maximum Gasteiger partial charge on any atom is 0.195 e. The van der Waals surface area contributed by atoms with Crippen molar-refractivity contribution in [2.75, 3.05) is 0 Å². The van der Waals surface area contributed by atoms with Crippen molar-refractivity contribution in [3.05, 3.63) is 33.0 Å². The molecule has 1 atom stereocenters. The topological polar surface area (TPSA) is 33.6 Å². The third kappa shape index (κ3) is 2.25. The number of aromatic nitrogens is 3. The first-order chi connectivity index (χ1) is 7.72. The van der Waals surface area contributed by atoms with E-state index in [0.29, 0.717) is 6.04 Å². The van der Waals surface area contributed by atoms with Crippen LogP contribution in [0.5, 0.6) is 0 Å². The van der Waals surface area contributed by atoms with Gasteiger partial charge in [0.1, 0.15) is 5.82 Å². The van der Waals surface area contributed by atoms with E-state index >= 15 is 0 Å². The van der Waals surface area contributed by atoms with Crippen LogP contribution in [0.4, 0.5) is 0 Å². The fourth-order valence-electron chi connectivity index (χ4n) is 1.85. The molecule has 0 aliphatic carbocycles. The Morgan fingerprint density at radius 3 is 3.06 bits per heavy atom. The highest BCUT2D eigenvalue weighted by atomic mass is 32.1. The summed E-state index contributed by atoms with van der Waals surface area (Å²) in [5.41, 5.74) is 0. The molecule has 0 fully saturated rings. The first-order valence-corrected chi connectivity index (χ1v) is 6.69. The molecular weight excluding hydrogens is 238 g/mol. The van der Waals surface area contributed by atoms with E-state index < -0.39 is 0 Å². The van der Waals surface area contributed by atoms with E-state index in [1.54, 1.807) is 11.3 Å². The summed E-state index contributed by atoms with van der Waals surface area (Å²) in [6.45, 7) is 4.28. The van der Waals surface area contributed by atoms with Gasteiger partial charge >= 0.3 is 0 Å². The van der Waals surface area contributed by atoms with Crippen LogP contribution in [-0.2, 0) is 12.8 Å². The molecule has 2 aromatic rings. The number of nitrogens with zero attached hydrogens (tertiary/aromatic N) is 2. The van der Waals surface area contributed by atoms with Gasteiger partial charge in [0.15, 0.2) is 4.77 Å². The van der Waals surface area contributed by atoms with Gasteiger partial charge in [0, 0.05) is 23.8 Å². The highest BCUT2D eigenvalue weighted by Gasteiger charge is 2.12.